The van der Waals surface area contributed by atoms with Crippen molar-refractivity contribution in [3.05, 3.63) is 19.1 Å². The Balaban J connectivity index is 0. The smallest absolute Gasteiger partial charge is 0.316 e. The van der Waals surface area contributed by atoms with Crippen LogP contribution in [0.3, 0.4) is 0 Å². The third-order valence-corrected chi connectivity index (χ3v) is 1.52. The van der Waals surface area contributed by atoms with Gasteiger partial charge in [-0.15, -0.1) is 0 Å². The van der Waals surface area contributed by atoms with Gasteiger partial charge in [-0.1, -0.05) is 13.8 Å². The molecule has 0 aromatic carbocycles. The van der Waals surface area contributed by atoms with Crippen LogP contribution in [-0.2, 0) is 0 Å². The van der Waals surface area contributed by atoms with Crippen LogP contribution in [0.15, 0.2) is 12.2 Å². The molecule has 11 heavy (non-hydrogen) atoms. The summed E-state index contributed by atoms with van der Waals surface area (Å²) in [7, 11) is 0. The zero-order chi connectivity index (χ0) is 7.82. The van der Waals surface area contributed by atoms with Crippen LogP contribution in [0.1, 0.15) is 20.3 Å². The van der Waals surface area contributed by atoms with Crippen molar-refractivity contribution in [1.82, 2.24) is 4.90 Å². The molecule has 0 saturated carbocycles. The molecule has 0 aliphatic carbocycles. The maximum Gasteiger partial charge on any atom is 1.00 e. The summed E-state index contributed by atoms with van der Waals surface area (Å²) in [6.45, 7) is 11.4. The van der Waals surface area contributed by atoms with E-state index < -0.39 is 0 Å². The van der Waals surface area contributed by atoms with Gasteiger partial charge in [0.2, 0.25) is 0 Å². The van der Waals surface area contributed by atoms with E-state index in [-0.39, 0.29) is 18.9 Å². The fourth-order valence-corrected chi connectivity index (χ4v) is 0.918. The van der Waals surface area contributed by atoms with E-state index in [0.717, 1.165) is 13.1 Å². The Morgan fingerprint density at radius 2 is 2.00 bits per heavy atom. The SMILES string of the molecule is [CH2-]C=CCN(CC)CCC.[Li+]. The van der Waals surface area contributed by atoms with Crippen LogP contribution in [0.25, 0.3) is 0 Å². The summed E-state index contributed by atoms with van der Waals surface area (Å²) in [5.41, 5.74) is 0. The van der Waals surface area contributed by atoms with Gasteiger partial charge in [0.1, 0.15) is 0 Å². The first-order valence-corrected chi connectivity index (χ1v) is 4.01. The second-order valence-corrected chi connectivity index (χ2v) is 2.36. The largest absolute Gasteiger partial charge is 1.00 e. The molecule has 0 aliphatic heterocycles. The third-order valence-electron chi connectivity index (χ3n) is 1.52. The van der Waals surface area contributed by atoms with Crippen LogP contribution < -0.4 is 18.9 Å². The summed E-state index contributed by atoms with van der Waals surface area (Å²) in [5.74, 6) is 0. The first-order valence-electron chi connectivity index (χ1n) is 4.01. The Kier molecular flexibility index (Phi) is 12.7. The van der Waals surface area contributed by atoms with Crippen molar-refractivity contribution in [2.45, 2.75) is 20.3 Å². The monoisotopic (exact) mass is 147 g/mol. The van der Waals surface area contributed by atoms with E-state index in [1.54, 1.807) is 0 Å². The summed E-state index contributed by atoms with van der Waals surface area (Å²) in [6, 6.07) is 0. The molecule has 0 bridgehead atoms. The van der Waals surface area contributed by atoms with E-state index in [4.69, 9.17) is 0 Å². The van der Waals surface area contributed by atoms with E-state index in [0.29, 0.717) is 0 Å². The fourth-order valence-electron chi connectivity index (χ4n) is 0.918. The predicted octanol–water partition coefficient (Wildman–Crippen LogP) is -0.887. The molecule has 0 spiro atoms. The summed E-state index contributed by atoms with van der Waals surface area (Å²) < 4.78 is 0. The van der Waals surface area contributed by atoms with Crippen LogP contribution >= 0.6 is 0 Å². The topological polar surface area (TPSA) is 3.24 Å². The average molecular weight is 147 g/mol. The Morgan fingerprint density at radius 1 is 1.36 bits per heavy atom. The molecule has 0 aromatic rings. The van der Waals surface area contributed by atoms with Gasteiger partial charge in [0.15, 0.2) is 0 Å². The molecule has 0 radical (unpaired) electrons. The first kappa shape index (κ1) is 13.7. The molecule has 0 fully saturated rings. The van der Waals surface area contributed by atoms with E-state index in [9.17, 15) is 0 Å². The quantitative estimate of drug-likeness (QED) is 0.360. The van der Waals surface area contributed by atoms with Crippen molar-refractivity contribution in [2.24, 2.45) is 0 Å². The molecule has 2 heteroatoms. The molecule has 0 aliphatic rings. The minimum absolute atomic E-state index is 0. The number of nitrogens with zero attached hydrogens (tertiary/aromatic N) is 1. The van der Waals surface area contributed by atoms with Gasteiger partial charge in [-0.3, -0.25) is 0 Å². The second kappa shape index (κ2) is 10.2. The molecule has 0 unspecified atom stereocenters. The normalized spacial score (nSPS) is 10.5. The summed E-state index contributed by atoms with van der Waals surface area (Å²) in [5, 5.41) is 0. The molecule has 0 aromatic heterocycles. The number of likely N-dealkylation sites (N-methyl/N-ethyl adjacent to an activating group) is 1. The third kappa shape index (κ3) is 8.07. The molecule has 0 N–H and O–H groups in total. The molecular formula is C9H18LiN. The standard InChI is InChI=1S/C9H18N.Li/c1-4-7-9-10(6-3)8-5-2;/h4,7H,1,5-6,8-9H2,2-3H3;/q-1;+1. The van der Waals surface area contributed by atoms with Crippen molar-refractivity contribution in [3.8, 4) is 0 Å². The van der Waals surface area contributed by atoms with Crippen molar-refractivity contribution in [3.63, 3.8) is 0 Å². The summed E-state index contributed by atoms with van der Waals surface area (Å²) >= 11 is 0. The zero-order valence-corrected chi connectivity index (χ0v) is 8.14. The minimum Gasteiger partial charge on any atom is -0.316 e. The van der Waals surface area contributed by atoms with Gasteiger partial charge < -0.3 is 4.90 Å². The van der Waals surface area contributed by atoms with Crippen molar-refractivity contribution >= 4 is 0 Å². The number of hydrogen-bond acceptors (Lipinski definition) is 1. The second-order valence-electron chi connectivity index (χ2n) is 2.36. The Bertz CT molecular complexity index is 91.6. The Labute approximate surface area is 83.0 Å². The molecule has 0 amide bonds. The van der Waals surface area contributed by atoms with Crippen molar-refractivity contribution in [1.29, 1.82) is 0 Å². The van der Waals surface area contributed by atoms with Gasteiger partial charge in [0.25, 0.3) is 0 Å². The summed E-state index contributed by atoms with van der Waals surface area (Å²) in [4.78, 5) is 2.39. The molecule has 60 valence electrons. The molecule has 0 heterocycles. The van der Waals surface area contributed by atoms with Gasteiger partial charge in [-0.2, -0.15) is 0 Å². The van der Waals surface area contributed by atoms with Gasteiger partial charge in [-0.05, 0) is 26.1 Å². The minimum atomic E-state index is 0. The Morgan fingerprint density at radius 3 is 2.36 bits per heavy atom. The van der Waals surface area contributed by atoms with Crippen molar-refractivity contribution in [2.75, 3.05) is 19.6 Å². The van der Waals surface area contributed by atoms with E-state index in [1.165, 1.54) is 13.0 Å². The molecule has 0 atom stereocenters. The van der Waals surface area contributed by atoms with Gasteiger partial charge in [0.05, 0.1) is 0 Å². The van der Waals surface area contributed by atoms with Crippen LogP contribution in [0.2, 0.25) is 0 Å². The van der Waals surface area contributed by atoms with Gasteiger partial charge >= 0.3 is 18.9 Å². The fraction of sp³-hybridized carbons (Fsp3) is 0.667. The van der Waals surface area contributed by atoms with Crippen LogP contribution in [-0.4, -0.2) is 24.5 Å². The van der Waals surface area contributed by atoms with E-state index in [1.807, 2.05) is 6.08 Å². The molecule has 0 saturated heterocycles. The number of hydrogen-bond donors (Lipinski definition) is 0. The van der Waals surface area contributed by atoms with Gasteiger partial charge in [-0.25, -0.2) is 19.1 Å². The van der Waals surface area contributed by atoms with E-state index in [2.05, 4.69) is 31.7 Å². The summed E-state index contributed by atoms with van der Waals surface area (Å²) in [6.07, 6.45) is 5.19. The predicted molar refractivity (Wildman–Crippen MR) is 46.9 cm³/mol. The van der Waals surface area contributed by atoms with Crippen LogP contribution in [0, 0.1) is 6.92 Å². The number of allylic oxidation sites excluding steroid dienone is 1. The van der Waals surface area contributed by atoms with Gasteiger partial charge in [0, 0.05) is 0 Å². The number of rotatable bonds is 5. The molecular weight excluding hydrogens is 129 g/mol. The molecule has 0 rings (SSSR count). The Hall–Kier alpha value is 0.167. The maximum atomic E-state index is 3.64. The average Bonchev–Trinajstić information content (AvgIpc) is 1.98. The van der Waals surface area contributed by atoms with Crippen molar-refractivity contribution < 1.29 is 18.9 Å². The van der Waals surface area contributed by atoms with Crippen LogP contribution in [0.4, 0.5) is 0 Å². The van der Waals surface area contributed by atoms with E-state index >= 15 is 0 Å². The van der Waals surface area contributed by atoms with Crippen LogP contribution in [0.5, 0.6) is 0 Å². The molecule has 1 nitrogen and oxygen atoms in total. The first-order chi connectivity index (χ1) is 4.85. The zero-order valence-electron chi connectivity index (χ0n) is 8.14. The maximum absolute atomic E-state index is 3.64.